The molecule has 5 heterocycles. The zero-order valence-corrected chi connectivity index (χ0v) is 34.6. The zero-order chi connectivity index (χ0) is 42.3. The van der Waals surface area contributed by atoms with Crippen molar-refractivity contribution < 1.29 is 41.9 Å². The van der Waals surface area contributed by atoms with Crippen LogP contribution in [-0.2, 0) is 33.9 Å². The molecule has 3 aliphatic heterocycles. The third-order valence-corrected chi connectivity index (χ3v) is 13.5. The van der Waals surface area contributed by atoms with E-state index < -0.39 is 69.6 Å². The second-order valence-corrected chi connectivity index (χ2v) is 17.8. The lowest BCUT2D eigenvalue weighted by molar-refractivity contribution is -0.141. The van der Waals surface area contributed by atoms with Crippen LogP contribution in [0.25, 0.3) is 0 Å². The standard InChI is InChI=1S/C41H55N9O9S/c1-2-28-26-41(28)38(53)47-60(56,57)33-16-12-20-44-35(33)43-19-10-5-3-4-6-15-31(45-39(54)58-29-13-7-8-14-29)37(52)50-27-30(25-32(50)36(51)46-41)59-40(55)49-23-21-48(22-24-49)34-17-9-11-18-42-34/h2,9,11-12,16-18,20,28-32H,1,3-8,10,13-15,19,21-27H2,(H,43,44)(H,45,54)(H,46,51)(H,47,53)/t28-,30-,31+,32+,41-/m1/s1. The maximum absolute atomic E-state index is 14.6. The molecular formula is C41H55N9O9S. The molecule has 2 aromatic rings. The molecule has 7 rings (SSSR count). The number of amides is 5. The Bertz CT molecular complexity index is 2010. The fourth-order valence-electron chi connectivity index (χ4n) is 8.60. The summed E-state index contributed by atoms with van der Waals surface area (Å²) in [5, 5.41) is 8.63. The molecule has 4 N–H and O–H groups in total. The van der Waals surface area contributed by atoms with Crippen molar-refractivity contribution in [2.75, 3.05) is 49.5 Å². The third-order valence-electron chi connectivity index (χ3n) is 12.1. The van der Waals surface area contributed by atoms with Crippen LogP contribution in [0, 0.1) is 5.92 Å². The molecule has 60 heavy (non-hydrogen) atoms. The van der Waals surface area contributed by atoms with Crippen LogP contribution in [0.5, 0.6) is 0 Å². The molecule has 2 aliphatic carbocycles. The number of hydrogen-bond acceptors (Lipinski definition) is 13. The van der Waals surface area contributed by atoms with Crippen LogP contribution in [0.1, 0.15) is 77.0 Å². The summed E-state index contributed by atoms with van der Waals surface area (Å²) in [5.41, 5.74) is -1.69. The average Bonchev–Trinajstić information content (AvgIpc) is 3.49. The minimum Gasteiger partial charge on any atom is -0.446 e. The molecule has 19 heteroatoms. The summed E-state index contributed by atoms with van der Waals surface area (Å²) in [4.78, 5) is 83.1. The molecule has 0 radical (unpaired) electrons. The van der Waals surface area contributed by atoms with Gasteiger partial charge in [-0.15, -0.1) is 6.58 Å². The maximum atomic E-state index is 14.6. The molecule has 18 nitrogen and oxygen atoms in total. The first-order valence-electron chi connectivity index (χ1n) is 21.1. The van der Waals surface area contributed by atoms with Crippen LogP contribution >= 0.6 is 0 Å². The second-order valence-electron chi connectivity index (χ2n) is 16.2. The fourth-order valence-corrected chi connectivity index (χ4v) is 9.77. The Kier molecular flexibility index (Phi) is 13.4. The number of ether oxygens (including phenoxy) is 2. The van der Waals surface area contributed by atoms with Gasteiger partial charge in [-0.3, -0.25) is 14.4 Å². The Hall–Kier alpha value is -5.46. The van der Waals surface area contributed by atoms with Crippen molar-refractivity contribution in [3.8, 4) is 0 Å². The Balaban J connectivity index is 1.13. The van der Waals surface area contributed by atoms with E-state index in [1.54, 1.807) is 11.1 Å². The predicted octanol–water partition coefficient (Wildman–Crippen LogP) is 3.07. The monoisotopic (exact) mass is 849 g/mol. The quantitative estimate of drug-likeness (QED) is 0.318. The molecule has 1 spiro atoms. The number of hydrogen-bond donors (Lipinski definition) is 4. The van der Waals surface area contributed by atoms with Crippen molar-refractivity contribution in [1.82, 2.24) is 35.1 Å². The van der Waals surface area contributed by atoms with Crippen LogP contribution in [0.2, 0.25) is 0 Å². The number of carbonyl (C=O) groups excluding carboxylic acids is 5. The lowest BCUT2D eigenvalue weighted by Crippen LogP contribution is -2.58. The highest BCUT2D eigenvalue weighted by Gasteiger charge is 2.61. The lowest BCUT2D eigenvalue weighted by atomic mass is 10.0. The van der Waals surface area contributed by atoms with Gasteiger partial charge < -0.3 is 40.1 Å². The Morgan fingerprint density at radius 1 is 0.883 bits per heavy atom. The van der Waals surface area contributed by atoms with Gasteiger partial charge in [0.2, 0.25) is 11.8 Å². The van der Waals surface area contributed by atoms with E-state index in [1.165, 1.54) is 29.3 Å². The van der Waals surface area contributed by atoms with Gasteiger partial charge in [0.1, 0.15) is 46.4 Å². The molecule has 5 aliphatic rings. The SMILES string of the molecule is C=C[C@@H]1C[C@@]12NC(=O)[C@@H]1C[C@@H](OC(=O)N3CCN(c4ccccn4)CC3)CN1C(=O)[C@@H](NC(=O)OC1CCCC1)CCCCCCCNc1ncccc1S(=O)(=O)NC2=O. The molecule has 4 fully saturated rings. The molecule has 2 saturated carbocycles. The molecule has 0 aromatic carbocycles. The molecule has 5 atom stereocenters. The summed E-state index contributed by atoms with van der Waals surface area (Å²) in [6, 6.07) is 6.14. The Morgan fingerprint density at radius 2 is 1.62 bits per heavy atom. The molecule has 0 bridgehead atoms. The molecule has 0 unspecified atom stereocenters. The normalized spacial score (nSPS) is 28.0. The van der Waals surface area contributed by atoms with Crippen molar-refractivity contribution in [1.29, 1.82) is 0 Å². The van der Waals surface area contributed by atoms with E-state index >= 15 is 0 Å². The largest absolute Gasteiger partial charge is 0.446 e. The Labute approximate surface area is 350 Å². The third kappa shape index (κ3) is 9.93. The summed E-state index contributed by atoms with van der Waals surface area (Å²) in [6.45, 7) is 5.85. The number of nitrogens with zero attached hydrogens (tertiary/aromatic N) is 5. The molecule has 5 amide bonds. The van der Waals surface area contributed by atoms with Crippen LogP contribution in [0.3, 0.4) is 0 Å². The second kappa shape index (κ2) is 18.9. The van der Waals surface area contributed by atoms with E-state index in [0.29, 0.717) is 45.6 Å². The first kappa shape index (κ1) is 42.7. The van der Waals surface area contributed by atoms with Crippen LogP contribution in [0.15, 0.2) is 60.3 Å². The van der Waals surface area contributed by atoms with Gasteiger partial charge >= 0.3 is 12.2 Å². The van der Waals surface area contributed by atoms with Crippen molar-refractivity contribution in [2.45, 2.75) is 112 Å². The number of nitrogens with one attached hydrogen (secondary N) is 4. The van der Waals surface area contributed by atoms with E-state index in [1.807, 2.05) is 18.2 Å². The highest BCUT2D eigenvalue weighted by atomic mass is 32.2. The smallest absolute Gasteiger partial charge is 0.410 e. The molecule has 2 aromatic heterocycles. The first-order chi connectivity index (χ1) is 29.0. The highest BCUT2D eigenvalue weighted by molar-refractivity contribution is 7.90. The summed E-state index contributed by atoms with van der Waals surface area (Å²) >= 11 is 0. The van der Waals surface area contributed by atoms with Crippen LogP contribution in [-0.4, -0.2) is 127 Å². The lowest BCUT2D eigenvalue weighted by Gasteiger charge is -2.35. The summed E-state index contributed by atoms with van der Waals surface area (Å²) in [7, 11) is -4.46. The van der Waals surface area contributed by atoms with Crippen molar-refractivity contribution in [2.24, 2.45) is 5.92 Å². The van der Waals surface area contributed by atoms with Gasteiger partial charge in [-0.1, -0.05) is 37.8 Å². The van der Waals surface area contributed by atoms with E-state index in [4.69, 9.17) is 9.47 Å². The van der Waals surface area contributed by atoms with Gasteiger partial charge in [0.15, 0.2) is 0 Å². The molecular weight excluding hydrogens is 795 g/mol. The van der Waals surface area contributed by atoms with Crippen LogP contribution < -0.4 is 25.6 Å². The van der Waals surface area contributed by atoms with E-state index in [0.717, 1.165) is 50.8 Å². The number of sulfonamides is 1. The minimum atomic E-state index is -4.46. The Morgan fingerprint density at radius 3 is 2.35 bits per heavy atom. The van der Waals surface area contributed by atoms with E-state index in [2.05, 4.69) is 42.1 Å². The fraction of sp³-hybridized carbons (Fsp3) is 0.585. The minimum absolute atomic E-state index is 0.0580. The maximum Gasteiger partial charge on any atom is 0.410 e. The van der Waals surface area contributed by atoms with Crippen LogP contribution in [0.4, 0.5) is 21.2 Å². The average molecular weight is 850 g/mol. The molecule has 2 saturated heterocycles. The van der Waals surface area contributed by atoms with Crippen molar-refractivity contribution in [3.05, 3.63) is 55.4 Å². The number of alkyl carbamates (subject to hydrolysis) is 1. The number of rotatable bonds is 5. The zero-order valence-electron chi connectivity index (χ0n) is 33.8. The van der Waals surface area contributed by atoms with Gasteiger partial charge in [-0.25, -0.2) is 32.7 Å². The van der Waals surface area contributed by atoms with Gasteiger partial charge in [0.05, 0.1) is 6.54 Å². The summed E-state index contributed by atoms with van der Waals surface area (Å²) in [6.07, 6.45) is 9.37. The number of aromatic nitrogens is 2. The van der Waals surface area contributed by atoms with E-state index in [-0.39, 0.29) is 42.6 Å². The van der Waals surface area contributed by atoms with Crippen molar-refractivity contribution >= 4 is 51.6 Å². The number of fused-ring (bicyclic) bond motifs is 2. The number of anilines is 2. The topological polar surface area (TPSA) is 222 Å². The summed E-state index contributed by atoms with van der Waals surface area (Å²) in [5.74, 6) is -1.99. The predicted molar refractivity (Wildman–Crippen MR) is 219 cm³/mol. The van der Waals surface area contributed by atoms with Gasteiger partial charge in [0.25, 0.3) is 15.9 Å². The number of piperazine rings is 1. The van der Waals surface area contributed by atoms with E-state index in [9.17, 15) is 32.4 Å². The first-order valence-corrected chi connectivity index (χ1v) is 22.6. The van der Waals surface area contributed by atoms with Gasteiger partial charge in [-0.05, 0) is 69.2 Å². The summed E-state index contributed by atoms with van der Waals surface area (Å²) < 4.78 is 41.2. The molecule has 324 valence electrons. The van der Waals surface area contributed by atoms with Gasteiger partial charge in [-0.2, -0.15) is 0 Å². The highest BCUT2D eigenvalue weighted by Crippen LogP contribution is 2.45. The number of carbonyl (C=O) groups is 5. The van der Waals surface area contributed by atoms with Gasteiger partial charge in [0, 0.05) is 57.5 Å². The number of pyridine rings is 2. The van der Waals surface area contributed by atoms with Crippen molar-refractivity contribution in [3.63, 3.8) is 0 Å².